The Morgan fingerprint density at radius 2 is 1.64 bits per heavy atom. The number of carboxylic acid groups (broad SMARTS) is 1. The van der Waals surface area contributed by atoms with E-state index in [1.807, 2.05) is 11.8 Å². The van der Waals surface area contributed by atoms with Crippen molar-refractivity contribution >= 4 is 17.8 Å². The van der Waals surface area contributed by atoms with Gasteiger partial charge in [-0.2, -0.15) is 13.2 Å². The van der Waals surface area contributed by atoms with Crippen molar-refractivity contribution in [2.75, 3.05) is 6.54 Å². The number of carbonyl (C=O) groups is 3. The van der Waals surface area contributed by atoms with Gasteiger partial charge in [0.2, 0.25) is 5.91 Å². The van der Waals surface area contributed by atoms with Crippen molar-refractivity contribution in [1.29, 1.82) is 0 Å². The number of carbonyl (C=O) groups excluding carboxylic acids is 2. The van der Waals surface area contributed by atoms with Gasteiger partial charge < -0.3 is 19.7 Å². The number of nitrogens with one attached hydrogen (secondary N) is 1. The fourth-order valence-corrected chi connectivity index (χ4v) is 15.6. The minimum atomic E-state index is -4.52. The van der Waals surface area contributed by atoms with Gasteiger partial charge in [0, 0.05) is 12.0 Å². The Morgan fingerprint density at radius 1 is 0.911 bits per heavy atom. The van der Waals surface area contributed by atoms with E-state index in [0.717, 1.165) is 82.4 Å². The zero-order valence-corrected chi connectivity index (χ0v) is 34.6. The number of likely N-dealkylation sites (tertiary alicyclic amines) is 1. The summed E-state index contributed by atoms with van der Waals surface area (Å²) in [6.45, 7) is 21.2. The van der Waals surface area contributed by atoms with Gasteiger partial charge >= 0.3 is 18.1 Å². The first-order valence-corrected chi connectivity index (χ1v) is 21.6. The first-order valence-electron chi connectivity index (χ1n) is 21.6. The van der Waals surface area contributed by atoms with Crippen LogP contribution >= 0.6 is 0 Å². The number of fused-ring (bicyclic) bond motifs is 7. The number of H-pyrrole nitrogens is 1. The number of aromatic nitrogens is 2. The molecule has 6 aliphatic carbocycles. The van der Waals surface area contributed by atoms with Crippen LogP contribution in [-0.4, -0.2) is 50.5 Å². The normalized spacial score (nSPS) is 45.4. The Hall–Kier alpha value is -2.85. The number of nitrogens with zero attached hydrogens (tertiary/aromatic N) is 2. The number of amides is 1. The lowest BCUT2D eigenvalue weighted by Gasteiger charge is -2.73. The van der Waals surface area contributed by atoms with Gasteiger partial charge in [0.1, 0.15) is 17.6 Å². The SMILES string of the molecule is C=C(C)[C@@H]1CC[C@]2(C(=O)N3CCC[C@H]3c3ncc(C(F)(F)F)[nH]3)CC[C@]3(C)[C@H](CC[C@@H]4[C@@]5(C)CC[C@H](OC(=O)[C@H]6C[C@@H](C(=O)O)[C@H]6C)C(C)(C)[C@@H]5CC[C@]43C)[C@@H]12. The van der Waals surface area contributed by atoms with Gasteiger partial charge in [0.05, 0.1) is 29.5 Å². The molecular formula is C45H64F3N3O5. The Bertz CT molecular complexity index is 1790. The lowest BCUT2D eigenvalue weighted by molar-refractivity contribution is -0.251. The Morgan fingerprint density at radius 3 is 2.29 bits per heavy atom. The first-order chi connectivity index (χ1) is 26.1. The molecule has 0 unspecified atom stereocenters. The van der Waals surface area contributed by atoms with E-state index in [2.05, 4.69) is 58.1 Å². The molecule has 6 saturated carbocycles. The first kappa shape index (κ1) is 40.0. The summed E-state index contributed by atoms with van der Waals surface area (Å²) < 4.78 is 47.1. The van der Waals surface area contributed by atoms with Crippen molar-refractivity contribution in [3.05, 3.63) is 29.9 Å². The fraction of sp³-hybridized carbons (Fsp3) is 0.822. The van der Waals surface area contributed by atoms with Gasteiger partial charge in [-0.3, -0.25) is 14.4 Å². The molecule has 8 nitrogen and oxygen atoms in total. The van der Waals surface area contributed by atoms with Crippen LogP contribution in [0.25, 0.3) is 0 Å². The van der Waals surface area contributed by atoms with Crippen LogP contribution in [0.15, 0.2) is 18.3 Å². The number of ether oxygens (including phenoxy) is 1. The highest BCUT2D eigenvalue weighted by molar-refractivity contribution is 5.85. The maximum atomic E-state index is 15.2. The van der Waals surface area contributed by atoms with E-state index >= 15 is 4.79 Å². The second-order valence-electron chi connectivity index (χ2n) is 21.1. The largest absolute Gasteiger partial charge is 0.481 e. The van der Waals surface area contributed by atoms with Crippen LogP contribution in [0.3, 0.4) is 0 Å². The Labute approximate surface area is 330 Å². The van der Waals surface area contributed by atoms with Crippen molar-refractivity contribution < 1.29 is 37.4 Å². The number of allylic oxidation sites excluding steroid dienone is 1. The highest BCUT2D eigenvalue weighted by Crippen LogP contribution is 2.78. The highest BCUT2D eigenvalue weighted by Gasteiger charge is 2.72. The molecule has 1 aromatic heterocycles. The molecule has 2 N–H and O–H groups in total. The second kappa shape index (κ2) is 13.1. The summed E-state index contributed by atoms with van der Waals surface area (Å²) >= 11 is 0. The van der Waals surface area contributed by atoms with Crippen molar-refractivity contribution in [2.24, 2.45) is 74.4 Å². The van der Waals surface area contributed by atoms with Crippen molar-refractivity contribution in [3.8, 4) is 0 Å². The molecule has 1 saturated heterocycles. The second-order valence-corrected chi connectivity index (χ2v) is 21.1. The zero-order chi connectivity index (χ0) is 40.5. The number of hydrogen-bond donors (Lipinski definition) is 2. The van der Waals surface area contributed by atoms with Crippen molar-refractivity contribution in [1.82, 2.24) is 14.9 Å². The van der Waals surface area contributed by atoms with E-state index in [1.165, 1.54) is 0 Å². The molecule has 0 spiro atoms. The van der Waals surface area contributed by atoms with Crippen LogP contribution in [0.2, 0.25) is 0 Å². The smallest absolute Gasteiger partial charge is 0.432 e. The van der Waals surface area contributed by atoms with Gasteiger partial charge in [0.25, 0.3) is 0 Å². The predicted octanol–water partition coefficient (Wildman–Crippen LogP) is 10.0. The molecule has 1 aromatic rings. The third-order valence-corrected chi connectivity index (χ3v) is 18.8. The number of aliphatic carboxylic acids is 1. The van der Waals surface area contributed by atoms with Gasteiger partial charge in [0.15, 0.2) is 0 Å². The molecular weight excluding hydrogens is 720 g/mol. The van der Waals surface area contributed by atoms with Crippen LogP contribution in [0.1, 0.15) is 149 Å². The number of imidazole rings is 1. The molecule has 310 valence electrons. The van der Waals surface area contributed by atoms with Crippen LogP contribution in [0.4, 0.5) is 13.2 Å². The summed E-state index contributed by atoms with van der Waals surface area (Å²) in [6.07, 6.45) is 7.33. The van der Waals surface area contributed by atoms with E-state index in [4.69, 9.17) is 4.74 Å². The number of hydrogen-bond acceptors (Lipinski definition) is 5. The van der Waals surface area contributed by atoms with E-state index in [9.17, 15) is 27.9 Å². The number of halogens is 3. The number of esters is 1. The molecule has 7 aliphatic rings. The topological polar surface area (TPSA) is 113 Å². The third-order valence-electron chi connectivity index (χ3n) is 18.8. The molecule has 2 heterocycles. The van der Waals surface area contributed by atoms with E-state index in [0.29, 0.717) is 37.1 Å². The lowest BCUT2D eigenvalue weighted by atomic mass is 9.32. The van der Waals surface area contributed by atoms with Gasteiger partial charge in [-0.05, 0) is 142 Å². The van der Waals surface area contributed by atoms with Crippen LogP contribution < -0.4 is 0 Å². The van der Waals surface area contributed by atoms with Crippen LogP contribution in [-0.2, 0) is 25.3 Å². The summed E-state index contributed by atoms with van der Waals surface area (Å²) in [5.74, 6) is -0.204. The lowest BCUT2D eigenvalue weighted by Crippen LogP contribution is -2.67. The Balaban J connectivity index is 1.05. The minimum absolute atomic E-state index is 0.00207. The van der Waals surface area contributed by atoms with Crippen LogP contribution in [0, 0.1) is 74.4 Å². The van der Waals surface area contributed by atoms with Gasteiger partial charge in [-0.15, -0.1) is 0 Å². The summed E-state index contributed by atoms with van der Waals surface area (Å²) in [5.41, 5.74) is -0.425. The quantitative estimate of drug-likeness (QED) is 0.220. The maximum Gasteiger partial charge on any atom is 0.432 e. The number of alkyl halides is 3. The Kier molecular flexibility index (Phi) is 9.33. The number of carboxylic acids is 1. The molecule has 56 heavy (non-hydrogen) atoms. The average Bonchev–Trinajstić information content (AvgIpc) is 3.88. The molecule has 0 radical (unpaired) electrons. The maximum absolute atomic E-state index is 15.2. The average molecular weight is 784 g/mol. The minimum Gasteiger partial charge on any atom is -0.481 e. The van der Waals surface area contributed by atoms with E-state index in [-0.39, 0.29) is 69.1 Å². The van der Waals surface area contributed by atoms with Gasteiger partial charge in [-0.1, -0.05) is 53.7 Å². The summed E-state index contributed by atoms with van der Waals surface area (Å²) in [5, 5.41) is 9.50. The summed E-state index contributed by atoms with van der Waals surface area (Å²) in [7, 11) is 0. The zero-order valence-electron chi connectivity index (χ0n) is 34.6. The van der Waals surface area contributed by atoms with E-state index in [1.54, 1.807) is 0 Å². The van der Waals surface area contributed by atoms with E-state index < -0.39 is 35.2 Å². The summed E-state index contributed by atoms with van der Waals surface area (Å²) in [4.78, 5) is 48.8. The van der Waals surface area contributed by atoms with Gasteiger partial charge in [-0.25, -0.2) is 4.98 Å². The van der Waals surface area contributed by atoms with Crippen molar-refractivity contribution in [3.63, 3.8) is 0 Å². The molecule has 0 bridgehead atoms. The molecule has 8 rings (SSSR count). The fourth-order valence-electron chi connectivity index (χ4n) is 15.6. The predicted molar refractivity (Wildman–Crippen MR) is 205 cm³/mol. The van der Waals surface area contributed by atoms with Crippen LogP contribution in [0.5, 0.6) is 0 Å². The third kappa shape index (κ3) is 5.48. The molecule has 7 fully saturated rings. The number of aromatic amines is 1. The molecule has 14 atom stereocenters. The molecule has 1 aliphatic heterocycles. The van der Waals surface area contributed by atoms with Crippen molar-refractivity contribution in [2.45, 2.75) is 150 Å². The molecule has 0 aromatic carbocycles. The number of rotatable bonds is 6. The highest BCUT2D eigenvalue weighted by atomic mass is 19.4. The molecule has 11 heteroatoms. The molecule has 1 amide bonds. The summed E-state index contributed by atoms with van der Waals surface area (Å²) in [6, 6.07) is -0.481. The standard InChI is InChI=1S/C45H64F3N3O5/c1-24(2)26-13-18-44(39(55)51-21-9-10-30(51)36-49-23-33(50-36)45(46,47)48)20-19-42(7)29(35(26)44)11-12-32-41(6)16-15-34(40(4,5)31(41)14-17-43(32,42)8)56-38(54)28-22-27(25(28)3)37(52)53/h23,25-32,34-35H,1,9-22H2,2-8H3,(H,49,50)(H,52,53)/t25-,26+,27-,28+,29-,30+,31+,32-,34+,35-,41+,42-,43-,44+/m1/s1. The monoisotopic (exact) mass is 783 g/mol.